The van der Waals surface area contributed by atoms with Crippen LogP contribution in [0.4, 0.5) is 9.80 Å². The summed E-state index contributed by atoms with van der Waals surface area (Å²) in [7, 11) is 0. The molecule has 0 fully saturated rings. The van der Waals surface area contributed by atoms with Crippen LogP contribution in [0.3, 0.4) is 0 Å². The molecule has 0 saturated heterocycles. The Kier molecular flexibility index (Phi) is 7.62. The first-order chi connectivity index (χ1) is 15.9. The maximum Gasteiger partial charge on any atom is 0.348 e. The Morgan fingerprint density at radius 3 is 2.48 bits per heavy atom. The Morgan fingerprint density at radius 2 is 1.76 bits per heavy atom. The summed E-state index contributed by atoms with van der Waals surface area (Å²) in [6.07, 6.45) is 1.33. The fourth-order valence-corrected chi connectivity index (χ4v) is 4.23. The number of nitrogens with one attached hydrogen (secondary N) is 2. The van der Waals surface area contributed by atoms with Gasteiger partial charge in [0.15, 0.2) is 0 Å². The summed E-state index contributed by atoms with van der Waals surface area (Å²) in [5, 5.41) is 18.4. The van der Waals surface area contributed by atoms with Gasteiger partial charge in [0.05, 0.1) is 25.0 Å². The van der Waals surface area contributed by atoms with E-state index in [0.29, 0.717) is 11.1 Å². The molecule has 0 aliphatic rings. The lowest BCUT2D eigenvalue weighted by Crippen LogP contribution is -2.24. The number of carbonyl (C=O) groups is 3. The average Bonchev–Trinajstić information content (AvgIpc) is 3.11. The molecule has 3 aromatic rings. The third kappa shape index (κ3) is 5.29. The smallest absolute Gasteiger partial charge is 0.348 e. The number of hydrazone groups is 1. The van der Waals surface area contributed by atoms with Gasteiger partial charge >= 0.3 is 18.0 Å². The highest BCUT2D eigenvalue weighted by Crippen LogP contribution is 2.34. The lowest BCUT2D eigenvalue weighted by atomic mass is 10.0. The summed E-state index contributed by atoms with van der Waals surface area (Å²) in [5.74, 6) is -1.25. The molecule has 2 amide bonds. The van der Waals surface area contributed by atoms with Crippen LogP contribution in [0.2, 0.25) is 0 Å². The second kappa shape index (κ2) is 10.6. The number of amides is 2. The third-order valence-corrected chi connectivity index (χ3v) is 5.81. The standard InChI is InChI=1S/C23H23N3O6S/c1-4-31-21(28)18-13(3)19(22(29)32-5-2)33-20(18)25-23(30)26-24-12-16-15-9-7-6-8-14(15)10-11-17(16)27/h6-12,27H,4-5H2,1-3H3,(H2,25,26,30). The van der Waals surface area contributed by atoms with Crippen molar-refractivity contribution >= 4 is 51.3 Å². The summed E-state index contributed by atoms with van der Waals surface area (Å²) in [4.78, 5) is 37.3. The van der Waals surface area contributed by atoms with Crippen molar-refractivity contribution in [3.8, 4) is 5.75 Å². The zero-order valence-electron chi connectivity index (χ0n) is 18.3. The molecule has 0 unspecified atom stereocenters. The van der Waals surface area contributed by atoms with Gasteiger partial charge in [0.2, 0.25) is 0 Å². The van der Waals surface area contributed by atoms with Crippen LogP contribution in [-0.2, 0) is 9.47 Å². The number of benzene rings is 2. The molecule has 0 radical (unpaired) electrons. The number of urea groups is 1. The van der Waals surface area contributed by atoms with E-state index in [4.69, 9.17) is 9.47 Å². The molecule has 2 aromatic carbocycles. The SMILES string of the molecule is CCOC(=O)c1sc(NC(=O)NN=Cc2c(O)ccc3ccccc23)c(C(=O)OCC)c1C. The van der Waals surface area contributed by atoms with E-state index in [0.717, 1.165) is 22.1 Å². The van der Waals surface area contributed by atoms with Crippen molar-refractivity contribution < 1.29 is 29.0 Å². The van der Waals surface area contributed by atoms with E-state index in [-0.39, 0.29) is 34.4 Å². The molecule has 0 spiro atoms. The van der Waals surface area contributed by atoms with Crippen LogP contribution in [0.1, 0.15) is 45.0 Å². The number of rotatable bonds is 7. The summed E-state index contributed by atoms with van der Waals surface area (Å²) >= 11 is 0.912. The van der Waals surface area contributed by atoms with E-state index in [1.165, 1.54) is 6.21 Å². The molecule has 0 saturated carbocycles. The minimum Gasteiger partial charge on any atom is -0.507 e. The van der Waals surface area contributed by atoms with Crippen molar-refractivity contribution in [1.29, 1.82) is 0 Å². The molecule has 0 atom stereocenters. The van der Waals surface area contributed by atoms with Crippen LogP contribution in [0.25, 0.3) is 10.8 Å². The van der Waals surface area contributed by atoms with Gasteiger partial charge in [-0.15, -0.1) is 11.3 Å². The highest BCUT2D eigenvalue weighted by molar-refractivity contribution is 7.18. The summed E-state index contributed by atoms with van der Waals surface area (Å²) in [5.41, 5.74) is 3.18. The molecule has 172 valence electrons. The number of phenolic OH excluding ortho intramolecular Hbond substituents is 1. The van der Waals surface area contributed by atoms with E-state index in [9.17, 15) is 19.5 Å². The van der Waals surface area contributed by atoms with Crippen LogP contribution >= 0.6 is 11.3 Å². The molecular weight excluding hydrogens is 446 g/mol. The van der Waals surface area contributed by atoms with Crippen LogP contribution in [0.5, 0.6) is 5.75 Å². The highest BCUT2D eigenvalue weighted by atomic mass is 32.1. The van der Waals surface area contributed by atoms with Gasteiger partial charge in [-0.2, -0.15) is 5.10 Å². The number of ether oxygens (including phenoxy) is 2. The quantitative estimate of drug-likeness (QED) is 0.267. The van der Waals surface area contributed by atoms with Gasteiger partial charge in [0.25, 0.3) is 0 Å². The van der Waals surface area contributed by atoms with Gasteiger partial charge in [0, 0.05) is 5.56 Å². The van der Waals surface area contributed by atoms with Gasteiger partial charge < -0.3 is 14.6 Å². The lowest BCUT2D eigenvalue weighted by Gasteiger charge is -2.07. The summed E-state index contributed by atoms with van der Waals surface area (Å²) in [6, 6.07) is 10.0. The molecule has 33 heavy (non-hydrogen) atoms. The first-order valence-electron chi connectivity index (χ1n) is 10.2. The molecule has 3 N–H and O–H groups in total. The maximum absolute atomic E-state index is 12.4. The number of hydrogen-bond acceptors (Lipinski definition) is 8. The molecule has 10 heteroatoms. The van der Waals surface area contributed by atoms with Gasteiger partial charge in [0.1, 0.15) is 15.6 Å². The van der Waals surface area contributed by atoms with E-state index < -0.39 is 18.0 Å². The van der Waals surface area contributed by atoms with Gasteiger partial charge in [-0.05, 0) is 43.2 Å². The first-order valence-corrected chi connectivity index (χ1v) is 11.0. The third-order valence-electron chi connectivity index (χ3n) is 4.62. The maximum atomic E-state index is 12.4. The zero-order valence-corrected chi connectivity index (χ0v) is 19.1. The summed E-state index contributed by atoms with van der Waals surface area (Å²) < 4.78 is 10.1. The van der Waals surface area contributed by atoms with Crippen LogP contribution in [-0.4, -0.2) is 42.5 Å². The lowest BCUT2D eigenvalue weighted by molar-refractivity contribution is 0.0527. The average molecular weight is 470 g/mol. The Balaban J connectivity index is 1.81. The molecule has 3 rings (SSSR count). The first kappa shape index (κ1) is 23.7. The van der Waals surface area contributed by atoms with Gasteiger partial charge in [-0.25, -0.2) is 19.8 Å². The largest absolute Gasteiger partial charge is 0.507 e. The topological polar surface area (TPSA) is 126 Å². The monoisotopic (exact) mass is 469 g/mol. The number of anilines is 1. The minimum absolute atomic E-state index is 0.0113. The summed E-state index contributed by atoms with van der Waals surface area (Å²) in [6.45, 7) is 5.21. The van der Waals surface area contributed by atoms with Crippen LogP contribution in [0, 0.1) is 6.92 Å². The molecular formula is C23H23N3O6S. The Labute approximate surface area is 194 Å². The predicted molar refractivity (Wildman–Crippen MR) is 126 cm³/mol. The highest BCUT2D eigenvalue weighted by Gasteiger charge is 2.27. The Bertz CT molecular complexity index is 1230. The second-order valence-corrected chi connectivity index (χ2v) is 7.77. The number of fused-ring (bicyclic) bond motifs is 1. The van der Waals surface area contributed by atoms with Crippen LogP contribution < -0.4 is 10.7 Å². The molecule has 9 nitrogen and oxygen atoms in total. The number of thiophene rings is 1. The number of hydrogen-bond donors (Lipinski definition) is 3. The molecule has 1 aromatic heterocycles. The van der Waals surface area contributed by atoms with Gasteiger partial charge in [-0.1, -0.05) is 30.3 Å². The van der Waals surface area contributed by atoms with E-state index in [1.807, 2.05) is 24.3 Å². The Morgan fingerprint density at radius 1 is 1.06 bits per heavy atom. The van der Waals surface area contributed by atoms with Crippen molar-refractivity contribution in [3.63, 3.8) is 0 Å². The fourth-order valence-electron chi connectivity index (χ4n) is 3.15. The second-order valence-electron chi connectivity index (χ2n) is 6.74. The van der Waals surface area contributed by atoms with Gasteiger partial charge in [-0.3, -0.25) is 5.32 Å². The van der Waals surface area contributed by atoms with E-state index >= 15 is 0 Å². The van der Waals surface area contributed by atoms with Crippen LogP contribution in [0.15, 0.2) is 41.5 Å². The van der Waals surface area contributed by atoms with E-state index in [2.05, 4.69) is 15.8 Å². The molecule has 0 aliphatic carbocycles. The number of phenols is 1. The zero-order chi connectivity index (χ0) is 24.0. The van der Waals surface area contributed by atoms with Crippen molar-refractivity contribution in [2.45, 2.75) is 20.8 Å². The van der Waals surface area contributed by atoms with Crippen molar-refractivity contribution in [1.82, 2.24) is 5.43 Å². The Hall–Kier alpha value is -3.92. The van der Waals surface area contributed by atoms with E-state index in [1.54, 1.807) is 32.9 Å². The predicted octanol–water partition coefficient (Wildman–Crippen LogP) is 4.42. The molecule has 0 bridgehead atoms. The number of esters is 2. The normalized spacial score (nSPS) is 10.9. The number of aromatic hydroxyl groups is 1. The van der Waals surface area contributed by atoms with Crippen molar-refractivity contribution in [2.75, 3.05) is 18.5 Å². The molecule has 1 heterocycles. The molecule has 0 aliphatic heterocycles. The number of carbonyl (C=O) groups excluding carboxylic acids is 3. The van der Waals surface area contributed by atoms with Crippen molar-refractivity contribution in [3.05, 3.63) is 58.0 Å². The fraction of sp³-hybridized carbons (Fsp3) is 0.217. The van der Waals surface area contributed by atoms with Crippen molar-refractivity contribution in [2.24, 2.45) is 5.10 Å². The number of nitrogens with zero attached hydrogens (tertiary/aromatic N) is 1. The minimum atomic E-state index is -0.742.